The number of hydrogen-bond donors (Lipinski definition) is 3. The highest BCUT2D eigenvalue weighted by molar-refractivity contribution is 5.94. The molecule has 0 aliphatic heterocycles. The number of nitrogens with two attached hydrogens (primary N) is 1. The number of carboxylic acid groups (broad SMARTS) is 1. The molecule has 1 saturated carbocycles. The Morgan fingerprint density at radius 1 is 1.44 bits per heavy atom. The molecule has 1 aliphatic carbocycles. The molecule has 4 N–H and O–H groups in total. The number of carbonyl (C=O) groups excluding carboxylic acids is 1. The molecule has 18 heavy (non-hydrogen) atoms. The molecule has 6 nitrogen and oxygen atoms in total. The van der Waals surface area contributed by atoms with Crippen molar-refractivity contribution in [3.05, 3.63) is 23.8 Å². The highest BCUT2D eigenvalue weighted by Crippen LogP contribution is 2.20. The second-order valence-electron chi connectivity index (χ2n) is 4.18. The molecular formula is C12H14N2O4. The zero-order chi connectivity index (χ0) is 13.1. The minimum Gasteiger partial charge on any atom is -0.484 e. The number of aromatic carboxylic acids is 1. The molecule has 0 radical (unpaired) electrons. The van der Waals surface area contributed by atoms with Gasteiger partial charge in [-0.05, 0) is 31.0 Å². The number of ether oxygens (including phenoxy) is 1. The van der Waals surface area contributed by atoms with Gasteiger partial charge in [0.05, 0.1) is 5.56 Å². The lowest BCUT2D eigenvalue weighted by molar-refractivity contribution is -0.123. The highest BCUT2D eigenvalue weighted by atomic mass is 16.5. The first kappa shape index (κ1) is 12.2. The molecule has 0 atom stereocenters. The fourth-order valence-electron chi connectivity index (χ4n) is 1.46. The topological polar surface area (TPSA) is 102 Å². The van der Waals surface area contributed by atoms with Crippen molar-refractivity contribution in [1.29, 1.82) is 0 Å². The van der Waals surface area contributed by atoms with Crippen LogP contribution in [0.1, 0.15) is 23.2 Å². The van der Waals surface area contributed by atoms with Crippen molar-refractivity contribution in [1.82, 2.24) is 5.32 Å². The minimum atomic E-state index is -1.12. The molecule has 0 heterocycles. The van der Waals surface area contributed by atoms with Crippen LogP contribution in [-0.2, 0) is 4.79 Å². The summed E-state index contributed by atoms with van der Waals surface area (Å²) in [4.78, 5) is 22.2. The van der Waals surface area contributed by atoms with Crippen molar-refractivity contribution < 1.29 is 19.4 Å². The number of amides is 1. The monoisotopic (exact) mass is 250 g/mol. The smallest absolute Gasteiger partial charge is 0.337 e. The zero-order valence-electron chi connectivity index (χ0n) is 9.68. The fourth-order valence-corrected chi connectivity index (χ4v) is 1.46. The molecule has 1 aromatic rings. The number of benzene rings is 1. The van der Waals surface area contributed by atoms with Gasteiger partial charge in [-0.3, -0.25) is 4.79 Å². The van der Waals surface area contributed by atoms with Crippen molar-refractivity contribution in [3.8, 4) is 5.75 Å². The van der Waals surface area contributed by atoms with Crippen LogP contribution < -0.4 is 15.8 Å². The van der Waals surface area contributed by atoms with Crippen LogP contribution in [0.2, 0.25) is 0 Å². The van der Waals surface area contributed by atoms with Gasteiger partial charge in [0.15, 0.2) is 6.61 Å². The first-order valence-corrected chi connectivity index (χ1v) is 5.61. The summed E-state index contributed by atoms with van der Waals surface area (Å²) in [5.74, 6) is -1.01. The number of nitrogen functional groups attached to an aromatic ring is 1. The maximum atomic E-state index is 11.4. The predicted octanol–water partition coefficient (Wildman–Crippen LogP) is 0.624. The lowest BCUT2D eigenvalue weighted by atomic mass is 10.2. The quantitative estimate of drug-likeness (QED) is 0.665. The second kappa shape index (κ2) is 4.95. The molecule has 0 unspecified atom stereocenters. The fraction of sp³-hybridized carbons (Fsp3) is 0.333. The van der Waals surface area contributed by atoms with Gasteiger partial charge in [0.1, 0.15) is 5.75 Å². The molecule has 1 aliphatic rings. The molecule has 1 amide bonds. The Bertz CT molecular complexity index is 483. The Morgan fingerprint density at radius 3 is 2.78 bits per heavy atom. The van der Waals surface area contributed by atoms with Gasteiger partial charge in [-0.2, -0.15) is 0 Å². The maximum Gasteiger partial charge on any atom is 0.337 e. The zero-order valence-corrected chi connectivity index (χ0v) is 9.68. The van der Waals surface area contributed by atoms with E-state index in [1.54, 1.807) is 0 Å². The lowest BCUT2D eigenvalue weighted by Gasteiger charge is -2.08. The number of rotatable bonds is 5. The summed E-state index contributed by atoms with van der Waals surface area (Å²) in [7, 11) is 0. The number of anilines is 1. The number of carbonyl (C=O) groups is 2. The summed E-state index contributed by atoms with van der Waals surface area (Å²) in [5, 5.41) is 11.6. The van der Waals surface area contributed by atoms with Gasteiger partial charge < -0.3 is 20.9 Å². The van der Waals surface area contributed by atoms with Gasteiger partial charge >= 0.3 is 5.97 Å². The van der Waals surface area contributed by atoms with Gasteiger partial charge in [-0.25, -0.2) is 4.79 Å². The third kappa shape index (κ3) is 3.13. The molecule has 1 fully saturated rings. The largest absolute Gasteiger partial charge is 0.484 e. The summed E-state index contributed by atoms with van der Waals surface area (Å²) < 4.78 is 5.21. The second-order valence-corrected chi connectivity index (χ2v) is 4.18. The Morgan fingerprint density at radius 2 is 2.17 bits per heavy atom. The van der Waals surface area contributed by atoms with E-state index >= 15 is 0 Å². The van der Waals surface area contributed by atoms with Crippen LogP contribution >= 0.6 is 0 Å². The molecule has 6 heteroatoms. The maximum absolute atomic E-state index is 11.4. The van der Waals surface area contributed by atoms with Gasteiger partial charge in [0.25, 0.3) is 5.91 Å². The molecule has 0 spiro atoms. The van der Waals surface area contributed by atoms with Crippen LogP contribution in [0.5, 0.6) is 5.75 Å². The first-order chi connectivity index (χ1) is 8.56. The summed E-state index contributed by atoms with van der Waals surface area (Å²) in [6.45, 7) is -0.126. The van der Waals surface area contributed by atoms with Crippen molar-refractivity contribution in [2.45, 2.75) is 18.9 Å². The highest BCUT2D eigenvalue weighted by Gasteiger charge is 2.23. The third-order valence-corrected chi connectivity index (χ3v) is 2.57. The van der Waals surface area contributed by atoms with E-state index in [9.17, 15) is 9.59 Å². The standard InChI is InChI=1S/C12H14N2O4/c13-10-4-3-8(5-9(10)12(16)17)18-6-11(15)14-7-1-2-7/h3-5,7H,1-2,6,13H2,(H,14,15)(H,16,17). The van der Waals surface area contributed by atoms with Crippen molar-refractivity contribution in [2.24, 2.45) is 0 Å². The Balaban J connectivity index is 1.94. The Hall–Kier alpha value is -2.24. The first-order valence-electron chi connectivity index (χ1n) is 5.61. The van der Waals surface area contributed by atoms with Crippen LogP contribution in [-0.4, -0.2) is 29.6 Å². The molecule has 2 rings (SSSR count). The minimum absolute atomic E-state index is 0.0323. The summed E-state index contributed by atoms with van der Waals surface area (Å²) in [5.41, 5.74) is 5.64. The van der Waals surface area contributed by atoms with E-state index in [1.807, 2.05) is 0 Å². The van der Waals surface area contributed by atoms with E-state index in [2.05, 4.69) is 5.32 Å². The molecule has 96 valence electrons. The molecule has 0 saturated heterocycles. The van der Waals surface area contributed by atoms with Crippen LogP contribution in [0.25, 0.3) is 0 Å². The van der Waals surface area contributed by atoms with Gasteiger partial charge in [-0.1, -0.05) is 0 Å². The summed E-state index contributed by atoms with van der Waals surface area (Å²) >= 11 is 0. The van der Waals surface area contributed by atoms with E-state index in [4.69, 9.17) is 15.6 Å². The SMILES string of the molecule is Nc1ccc(OCC(=O)NC2CC2)cc1C(=O)O. The van der Waals surface area contributed by atoms with E-state index in [0.29, 0.717) is 5.75 Å². The van der Waals surface area contributed by atoms with Crippen molar-refractivity contribution in [3.63, 3.8) is 0 Å². The molecule has 1 aromatic carbocycles. The third-order valence-electron chi connectivity index (χ3n) is 2.57. The van der Waals surface area contributed by atoms with Gasteiger partial charge in [0.2, 0.25) is 0 Å². The van der Waals surface area contributed by atoms with Crippen LogP contribution in [0.4, 0.5) is 5.69 Å². The van der Waals surface area contributed by atoms with E-state index in [0.717, 1.165) is 12.8 Å². The van der Waals surface area contributed by atoms with E-state index in [-0.39, 0.29) is 29.8 Å². The Labute approximate surface area is 104 Å². The van der Waals surface area contributed by atoms with Gasteiger partial charge in [0, 0.05) is 11.7 Å². The summed E-state index contributed by atoms with van der Waals surface area (Å²) in [6.07, 6.45) is 2.02. The van der Waals surface area contributed by atoms with Gasteiger partial charge in [-0.15, -0.1) is 0 Å². The number of hydrogen-bond acceptors (Lipinski definition) is 4. The van der Waals surface area contributed by atoms with E-state index in [1.165, 1.54) is 18.2 Å². The Kier molecular flexibility index (Phi) is 3.36. The normalized spacial score (nSPS) is 14.0. The van der Waals surface area contributed by atoms with Crippen LogP contribution in [0.3, 0.4) is 0 Å². The van der Waals surface area contributed by atoms with Crippen LogP contribution in [0.15, 0.2) is 18.2 Å². The van der Waals surface area contributed by atoms with Crippen LogP contribution in [0, 0.1) is 0 Å². The predicted molar refractivity (Wildman–Crippen MR) is 64.5 cm³/mol. The van der Waals surface area contributed by atoms with E-state index < -0.39 is 5.97 Å². The summed E-state index contributed by atoms with van der Waals surface area (Å²) in [6, 6.07) is 4.56. The average molecular weight is 250 g/mol. The molecule has 0 aromatic heterocycles. The molecule has 0 bridgehead atoms. The number of carboxylic acids is 1. The van der Waals surface area contributed by atoms with Crippen molar-refractivity contribution in [2.75, 3.05) is 12.3 Å². The average Bonchev–Trinajstić information content (AvgIpc) is 3.11. The van der Waals surface area contributed by atoms with Crippen molar-refractivity contribution >= 4 is 17.6 Å². The number of nitrogens with one attached hydrogen (secondary N) is 1. The molecular weight excluding hydrogens is 236 g/mol. The lowest BCUT2D eigenvalue weighted by Crippen LogP contribution is -2.30.